The Kier molecular flexibility index (Phi) is 5.13. The maximum atomic E-state index is 12.7. The number of nitro groups is 1. The number of sulfonamides is 1. The first-order valence-corrected chi connectivity index (χ1v) is 8.31. The van der Waals surface area contributed by atoms with Gasteiger partial charge in [-0.2, -0.15) is 4.31 Å². The first kappa shape index (κ1) is 16.4. The molecule has 1 aromatic rings. The second-order valence-corrected chi connectivity index (χ2v) is 6.88. The van der Waals surface area contributed by atoms with E-state index < -0.39 is 14.9 Å². The third kappa shape index (κ3) is 3.44. The van der Waals surface area contributed by atoms with Crippen LogP contribution in [0.5, 0.6) is 0 Å². The van der Waals surface area contributed by atoms with Gasteiger partial charge in [0.25, 0.3) is 5.69 Å². The second-order valence-electron chi connectivity index (χ2n) is 4.99. The number of piperidine rings is 1. The van der Waals surface area contributed by atoms with Gasteiger partial charge in [-0.25, -0.2) is 8.42 Å². The van der Waals surface area contributed by atoms with Crippen LogP contribution in [0.3, 0.4) is 0 Å². The Labute approximate surface area is 129 Å². The molecule has 8 heteroatoms. The number of hydrogen-bond donors (Lipinski definition) is 1. The van der Waals surface area contributed by atoms with Crippen molar-refractivity contribution in [3.05, 3.63) is 34.4 Å². The van der Waals surface area contributed by atoms with Crippen LogP contribution in [0.2, 0.25) is 0 Å². The van der Waals surface area contributed by atoms with Crippen LogP contribution in [-0.4, -0.2) is 43.3 Å². The SMILES string of the molecule is C#CCN(C1CCNCC1)S(=O)(=O)c1ccc([N+](=O)[O-])cc1. The van der Waals surface area contributed by atoms with Gasteiger partial charge in [-0.1, -0.05) is 5.92 Å². The van der Waals surface area contributed by atoms with Crippen molar-refractivity contribution in [2.24, 2.45) is 0 Å². The van der Waals surface area contributed by atoms with Crippen molar-refractivity contribution >= 4 is 15.7 Å². The molecule has 1 heterocycles. The summed E-state index contributed by atoms with van der Waals surface area (Å²) in [6.07, 6.45) is 6.69. The Morgan fingerprint density at radius 2 is 1.91 bits per heavy atom. The second kappa shape index (κ2) is 6.87. The van der Waals surface area contributed by atoms with E-state index in [1.165, 1.54) is 28.6 Å². The van der Waals surface area contributed by atoms with Gasteiger partial charge >= 0.3 is 0 Å². The summed E-state index contributed by atoms with van der Waals surface area (Å²) in [4.78, 5) is 10.1. The maximum absolute atomic E-state index is 12.7. The average molecular weight is 323 g/mol. The fourth-order valence-corrected chi connectivity index (χ4v) is 4.07. The Hall–Kier alpha value is -1.95. The molecule has 1 fully saturated rings. The quantitative estimate of drug-likeness (QED) is 0.495. The summed E-state index contributed by atoms with van der Waals surface area (Å²) in [5.41, 5.74) is -0.149. The molecular formula is C14H17N3O4S. The molecule has 118 valence electrons. The smallest absolute Gasteiger partial charge is 0.269 e. The summed E-state index contributed by atoms with van der Waals surface area (Å²) in [6.45, 7) is 1.47. The standard InChI is InChI=1S/C14H17N3O4S/c1-2-11-16(12-7-9-15-10-8-12)22(20,21)14-5-3-13(4-6-14)17(18)19/h1,3-6,12,15H,7-11H2. The number of nitro benzene ring substituents is 1. The first-order chi connectivity index (χ1) is 10.5. The first-order valence-electron chi connectivity index (χ1n) is 6.87. The van der Waals surface area contributed by atoms with E-state index in [9.17, 15) is 18.5 Å². The van der Waals surface area contributed by atoms with E-state index in [2.05, 4.69) is 11.2 Å². The number of non-ortho nitro benzene ring substituents is 1. The van der Waals surface area contributed by atoms with Gasteiger partial charge < -0.3 is 5.32 Å². The van der Waals surface area contributed by atoms with Gasteiger partial charge in [-0.3, -0.25) is 10.1 Å². The van der Waals surface area contributed by atoms with Gasteiger partial charge in [0.15, 0.2) is 0 Å². The van der Waals surface area contributed by atoms with E-state index in [0.717, 1.165) is 13.1 Å². The fourth-order valence-electron chi connectivity index (χ4n) is 2.47. The Bertz CT molecular complexity index is 673. The van der Waals surface area contributed by atoms with Crippen LogP contribution in [0.25, 0.3) is 0 Å². The molecule has 0 spiro atoms. The number of nitrogens with one attached hydrogen (secondary N) is 1. The molecule has 22 heavy (non-hydrogen) atoms. The van der Waals surface area contributed by atoms with Gasteiger partial charge in [0.05, 0.1) is 16.4 Å². The number of rotatable bonds is 5. The number of benzene rings is 1. The van der Waals surface area contributed by atoms with Crippen LogP contribution in [0.1, 0.15) is 12.8 Å². The summed E-state index contributed by atoms with van der Waals surface area (Å²) in [7, 11) is -3.76. The van der Waals surface area contributed by atoms with Gasteiger partial charge in [0.1, 0.15) is 0 Å². The van der Waals surface area contributed by atoms with Crippen LogP contribution < -0.4 is 5.32 Å². The minimum atomic E-state index is -3.76. The largest absolute Gasteiger partial charge is 0.317 e. The van der Waals surface area contributed by atoms with Crippen molar-refractivity contribution in [1.29, 1.82) is 0 Å². The van der Waals surface area contributed by atoms with Gasteiger partial charge in [-0.15, -0.1) is 6.42 Å². The molecule has 1 N–H and O–H groups in total. The minimum absolute atomic E-state index is 0.00993. The summed E-state index contributed by atoms with van der Waals surface area (Å²) in [5, 5.41) is 13.8. The molecule has 0 bridgehead atoms. The lowest BCUT2D eigenvalue weighted by Gasteiger charge is -2.32. The third-order valence-electron chi connectivity index (χ3n) is 3.62. The highest BCUT2D eigenvalue weighted by Gasteiger charge is 2.31. The average Bonchev–Trinajstić information content (AvgIpc) is 2.53. The zero-order chi connectivity index (χ0) is 16.2. The summed E-state index contributed by atoms with van der Waals surface area (Å²) >= 11 is 0. The van der Waals surface area contributed by atoms with E-state index >= 15 is 0 Å². The molecule has 0 unspecified atom stereocenters. The monoisotopic (exact) mass is 323 g/mol. The highest BCUT2D eigenvalue weighted by Crippen LogP contribution is 2.24. The molecule has 0 saturated carbocycles. The topological polar surface area (TPSA) is 92.6 Å². The molecule has 0 amide bonds. The number of hydrogen-bond acceptors (Lipinski definition) is 5. The lowest BCUT2D eigenvalue weighted by molar-refractivity contribution is -0.384. The lowest BCUT2D eigenvalue weighted by Crippen LogP contribution is -2.46. The minimum Gasteiger partial charge on any atom is -0.317 e. The molecule has 0 aromatic heterocycles. The molecule has 0 radical (unpaired) electrons. The van der Waals surface area contributed by atoms with Crippen molar-refractivity contribution in [3.63, 3.8) is 0 Å². The molecule has 2 rings (SSSR count). The highest BCUT2D eigenvalue weighted by molar-refractivity contribution is 7.89. The van der Waals surface area contributed by atoms with E-state index in [4.69, 9.17) is 6.42 Å². The van der Waals surface area contributed by atoms with Crippen LogP contribution in [-0.2, 0) is 10.0 Å². The van der Waals surface area contributed by atoms with Gasteiger partial charge in [-0.05, 0) is 38.1 Å². The van der Waals surface area contributed by atoms with E-state index in [1.54, 1.807) is 0 Å². The Balaban J connectivity index is 2.32. The van der Waals surface area contributed by atoms with Crippen molar-refractivity contribution in [2.75, 3.05) is 19.6 Å². The Morgan fingerprint density at radius 1 is 1.32 bits per heavy atom. The van der Waals surface area contributed by atoms with E-state index in [-0.39, 0.29) is 23.2 Å². The maximum Gasteiger partial charge on any atom is 0.269 e. The summed E-state index contributed by atoms with van der Waals surface area (Å²) in [6, 6.07) is 4.71. The molecule has 1 aliphatic rings. The zero-order valence-corrected chi connectivity index (χ0v) is 12.8. The molecule has 0 atom stereocenters. The molecule has 1 aromatic carbocycles. The van der Waals surface area contributed by atoms with Gasteiger partial charge in [0, 0.05) is 18.2 Å². The van der Waals surface area contributed by atoms with Crippen LogP contribution in [0.15, 0.2) is 29.2 Å². The third-order valence-corrected chi connectivity index (χ3v) is 5.53. The molecule has 0 aliphatic carbocycles. The molecule has 1 saturated heterocycles. The van der Waals surface area contributed by atoms with Crippen molar-refractivity contribution < 1.29 is 13.3 Å². The number of terminal acetylenes is 1. The number of nitrogens with zero attached hydrogens (tertiary/aromatic N) is 2. The van der Waals surface area contributed by atoms with E-state index in [1.807, 2.05) is 0 Å². The predicted octanol–water partition coefficient (Wildman–Crippen LogP) is 0.971. The van der Waals surface area contributed by atoms with Crippen LogP contribution in [0, 0.1) is 22.5 Å². The highest BCUT2D eigenvalue weighted by atomic mass is 32.2. The normalized spacial score (nSPS) is 16.4. The van der Waals surface area contributed by atoms with Crippen molar-refractivity contribution in [3.8, 4) is 12.3 Å². The predicted molar refractivity (Wildman–Crippen MR) is 81.7 cm³/mol. The van der Waals surface area contributed by atoms with Gasteiger partial charge in [0.2, 0.25) is 10.0 Å². The zero-order valence-electron chi connectivity index (χ0n) is 11.9. The van der Waals surface area contributed by atoms with Crippen LogP contribution in [0.4, 0.5) is 5.69 Å². The fraction of sp³-hybridized carbons (Fsp3) is 0.429. The van der Waals surface area contributed by atoms with E-state index in [0.29, 0.717) is 12.8 Å². The summed E-state index contributed by atoms with van der Waals surface area (Å²) < 4.78 is 26.8. The molecule has 7 nitrogen and oxygen atoms in total. The lowest BCUT2D eigenvalue weighted by atomic mass is 10.1. The Morgan fingerprint density at radius 3 is 2.41 bits per heavy atom. The van der Waals surface area contributed by atoms with Crippen LogP contribution >= 0.6 is 0 Å². The van der Waals surface area contributed by atoms with Crippen molar-refractivity contribution in [1.82, 2.24) is 9.62 Å². The molecular weight excluding hydrogens is 306 g/mol. The van der Waals surface area contributed by atoms with Crippen molar-refractivity contribution in [2.45, 2.75) is 23.8 Å². The summed E-state index contributed by atoms with van der Waals surface area (Å²) in [5.74, 6) is 2.39. The molecule has 1 aliphatic heterocycles.